The summed E-state index contributed by atoms with van der Waals surface area (Å²) in [6, 6.07) is 6.45. The molecule has 0 radical (unpaired) electrons. The van der Waals surface area contributed by atoms with E-state index in [0.29, 0.717) is 11.1 Å². The second kappa shape index (κ2) is 5.35. The van der Waals surface area contributed by atoms with Crippen LogP contribution in [0.1, 0.15) is 18.1 Å². The van der Waals surface area contributed by atoms with Gasteiger partial charge in [0.1, 0.15) is 0 Å². The minimum Gasteiger partial charge on any atom is -0.478 e. The summed E-state index contributed by atoms with van der Waals surface area (Å²) in [7, 11) is 0. The van der Waals surface area contributed by atoms with Gasteiger partial charge in [0.25, 0.3) is 0 Å². The molecule has 0 spiro atoms. The van der Waals surface area contributed by atoms with Gasteiger partial charge in [0.15, 0.2) is 0 Å². The summed E-state index contributed by atoms with van der Waals surface area (Å²) in [6.07, 6.45) is 1.05. The van der Waals surface area contributed by atoms with E-state index in [4.69, 9.17) is 15.9 Å². The Balaban J connectivity index is 3.28. The number of aliphatic carboxylic acids is 1. The van der Waals surface area contributed by atoms with E-state index in [1.807, 2.05) is 6.07 Å². The van der Waals surface area contributed by atoms with Gasteiger partial charge in [0.05, 0.1) is 17.3 Å². The number of carbonyl (C=O) groups is 1. The molecule has 0 saturated carbocycles. The lowest BCUT2D eigenvalue weighted by Crippen LogP contribution is -1.90. The highest BCUT2D eigenvalue weighted by molar-refractivity contribution is 5.89. The Morgan fingerprint density at radius 2 is 2.35 bits per heavy atom. The van der Waals surface area contributed by atoms with E-state index in [-0.39, 0.29) is 11.3 Å². The number of rotatable bonds is 3. The maximum absolute atomic E-state index is 10.5. The molecule has 1 aromatic rings. The van der Waals surface area contributed by atoms with Crippen LogP contribution in [0.2, 0.25) is 0 Å². The molecule has 0 amide bonds. The first-order valence-corrected chi connectivity index (χ1v) is 4.59. The van der Waals surface area contributed by atoms with Crippen molar-refractivity contribution < 1.29 is 9.90 Å². The summed E-state index contributed by atoms with van der Waals surface area (Å²) in [6.45, 7) is 1.62. The lowest BCUT2D eigenvalue weighted by Gasteiger charge is -2.03. The third-order valence-corrected chi connectivity index (χ3v) is 2.06. The quantitative estimate of drug-likeness (QED) is 0.371. The number of carboxylic acids is 1. The average Bonchev–Trinajstić information content (AvgIpc) is 2.29. The molecule has 0 aliphatic heterocycles. The largest absolute Gasteiger partial charge is 0.478 e. The van der Waals surface area contributed by atoms with Crippen LogP contribution in [0, 0.1) is 11.3 Å². The number of benzene rings is 1. The van der Waals surface area contributed by atoms with E-state index in [0.717, 1.165) is 6.08 Å². The summed E-state index contributed by atoms with van der Waals surface area (Å²) < 4.78 is 0. The number of allylic oxidation sites excluding steroid dienone is 1. The lowest BCUT2D eigenvalue weighted by molar-refractivity contribution is -0.131. The molecular formula is C11H8N4O2. The molecule has 0 unspecified atom stereocenters. The second-order valence-corrected chi connectivity index (χ2v) is 3.20. The zero-order valence-electron chi connectivity index (χ0n) is 8.95. The third kappa shape index (κ3) is 3.09. The molecule has 1 aromatic carbocycles. The van der Waals surface area contributed by atoms with Crippen LogP contribution in [0.25, 0.3) is 16.0 Å². The van der Waals surface area contributed by atoms with Gasteiger partial charge in [-0.3, -0.25) is 0 Å². The van der Waals surface area contributed by atoms with Gasteiger partial charge in [-0.2, -0.15) is 5.26 Å². The van der Waals surface area contributed by atoms with Crippen molar-refractivity contribution in [3.63, 3.8) is 0 Å². The van der Waals surface area contributed by atoms with Gasteiger partial charge in [0, 0.05) is 11.0 Å². The number of hydrogen-bond donors (Lipinski definition) is 1. The predicted octanol–water partition coefficient (Wildman–Crippen LogP) is 2.99. The molecule has 1 N–H and O–H groups in total. The molecule has 0 atom stereocenters. The molecule has 17 heavy (non-hydrogen) atoms. The molecule has 0 aliphatic carbocycles. The van der Waals surface area contributed by atoms with Gasteiger partial charge >= 0.3 is 5.97 Å². The first kappa shape index (κ1) is 12.3. The second-order valence-electron chi connectivity index (χ2n) is 3.20. The van der Waals surface area contributed by atoms with Crippen molar-refractivity contribution in [1.29, 1.82) is 5.26 Å². The summed E-state index contributed by atoms with van der Waals surface area (Å²) in [5.74, 6) is -1.06. The highest BCUT2D eigenvalue weighted by Gasteiger charge is 2.04. The SMILES string of the molecule is C/C(=C\C(=O)O)c1ccc(N=[N+]=[N-])c(C#N)c1. The maximum Gasteiger partial charge on any atom is 0.328 e. The smallest absolute Gasteiger partial charge is 0.328 e. The van der Waals surface area contributed by atoms with Crippen LogP contribution < -0.4 is 0 Å². The van der Waals surface area contributed by atoms with E-state index in [1.54, 1.807) is 13.0 Å². The lowest BCUT2D eigenvalue weighted by atomic mass is 10.0. The first-order valence-electron chi connectivity index (χ1n) is 4.59. The fraction of sp³-hybridized carbons (Fsp3) is 0.0909. The molecular weight excluding hydrogens is 220 g/mol. The third-order valence-electron chi connectivity index (χ3n) is 2.06. The number of nitriles is 1. The molecule has 0 heterocycles. The Morgan fingerprint density at radius 3 is 2.88 bits per heavy atom. The highest BCUT2D eigenvalue weighted by Crippen LogP contribution is 2.23. The Morgan fingerprint density at radius 1 is 1.65 bits per heavy atom. The van der Waals surface area contributed by atoms with Crippen molar-refractivity contribution in [3.8, 4) is 6.07 Å². The molecule has 0 saturated heterocycles. The highest BCUT2D eigenvalue weighted by atomic mass is 16.4. The normalized spacial score (nSPS) is 10.2. The van der Waals surface area contributed by atoms with Crippen molar-refractivity contribution in [3.05, 3.63) is 45.8 Å². The first-order chi connectivity index (χ1) is 8.08. The Labute approximate surface area is 97.0 Å². The molecule has 0 aliphatic rings. The van der Waals surface area contributed by atoms with Crippen molar-refractivity contribution in [2.24, 2.45) is 5.11 Å². The summed E-state index contributed by atoms with van der Waals surface area (Å²) in [5, 5.41) is 20.8. The van der Waals surface area contributed by atoms with Gasteiger partial charge in [0.2, 0.25) is 0 Å². The average molecular weight is 228 g/mol. The number of carboxylic acid groups (broad SMARTS) is 1. The van der Waals surface area contributed by atoms with Crippen LogP contribution >= 0.6 is 0 Å². The van der Waals surface area contributed by atoms with Gasteiger partial charge < -0.3 is 5.11 Å². The Hall–Kier alpha value is -2.77. The van der Waals surface area contributed by atoms with Crippen LogP contribution in [0.15, 0.2) is 29.4 Å². The van der Waals surface area contributed by atoms with E-state index in [9.17, 15) is 4.79 Å². The molecule has 0 fully saturated rings. The van der Waals surface area contributed by atoms with E-state index in [2.05, 4.69) is 10.0 Å². The standard InChI is InChI=1S/C11H8N4O2/c1-7(4-11(16)17)8-2-3-10(14-15-13)9(5-8)6-12/h2-5H,1H3,(H,16,17)/b7-4+. The molecule has 6 nitrogen and oxygen atoms in total. The number of hydrogen-bond acceptors (Lipinski definition) is 3. The molecule has 1 rings (SSSR count). The maximum atomic E-state index is 10.5. The van der Waals surface area contributed by atoms with Crippen LogP contribution in [-0.2, 0) is 4.79 Å². The minimum atomic E-state index is -1.06. The van der Waals surface area contributed by atoms with Crippen LogP contribution in [0.5, 0.6) is 0 Å². The van der Waals surface area contributed by atoms with Crippen LogP contribution in [0.4, 0.5) is 5.69 Å². The molecule has 6 heteroatoms. The van der Waals surface area contributed by atoms with Crippen LogP contribution in [0.3, 0.4) is 0 Å². The van der Waals surface area contributed by atoms with Crippen molar-refractivity contribution >= 4 is 17.2 Å². The van der Waals surface area contributed by atoms with Gasteiger partial charge in [-0.25, -0.2) is 4.79 Å². The van der Waals surface area contributed by atoms with Gasteiger partial charge in [-0.15, -0.1) is 0 Å². The van der Waals surface area contributed by atoms with Gasteiger partial charge in [-0.05, 0) is 29.7 Å². The summed E-state index contributed by atoms with van der Waals surface area (Å²) in [4.78, 5) is 13.1. The van der Waals surface area contributed by atoms with Gasteiger partial charge in [-0.1, -0.05) is 17.2 Å². The minimum absolute atomic E-state index is 0.207. The molecule has 0 aromatic heterocycles. The fourth-order valence-corrected chi connectivity index (χ4v) is 1.27. The summed E-state index contributed by atoms with van der Waals surface area (Å²) >= 11 is 0. The number of nitrogens with zero attached hydrogens (tertiary/aromatic N) is 4. The molecule has 84 valence electrons. The Bertz CT molecular complexity index is 578. The number of azide groups is 1. The zero-order chi connectivity index (χ0) is 12.8. The van der Waals surface area contributed by atoms with Crippen molar-refractivity contribution in [2.45, 2.75) is 6.92 Å². The fourth-order valence-electron chi connectivity index (χ4n) is 1.27. The van der Waals surface area contributed by atoms with E-state index >= 15 is 0 Å². The van der Waals surface area contributed by atoms with Crippen LogP contribution in [-0.4, -0.2) is 11.1 Å². The van der Waals surface area contributed by atoms with E-state index in [1.165, 1.54) is 12.1 Å². The summed E-state index contributed by atoms with van der Waals surface area (Å²) in [5.41, 5.74) is 9.84. The molecule has 0 bridgehead atoms. The Kier molecular flexibility index (Phi) is 3.87. The zero-order valence-corrected chi connectivity index (χ0v) is 8.95. The predicted molar refractivity (Wildman–Crippen MR) is 61.2 cm³/mol. The van der Waals surface area contributed by atoms with Crippen molar-refractivity contribution in [2.75, 3.05) is 0 Å². The topological polar surface area (TPSA) is 110 Å². The monoisotopic (exact) mass is 228 g/mol. The van der Waals surface area contributed by atoms with E-state index < -0.39 is 5.97 Å². The van der Waals surface area contributed by atoms with Crippen molar-refractivity contribution in [1.82, 2.24) is 0 Å².